The Morgan fingerprint density at radius 3 is 2.80 bits per heavy atom. The number of thiazole rings is 1. The molecule has 0 unspecified atom stereocenters. The molecule has 1 N–H and O–H groups in total. The highest BCUT2D eigenvalue weighted by Gasteiger charge is 2.28. The molecule has 4 heteroatoms. The Hall–Kier alpha value is -0.450. The molecule has 0 atom stereocenters. The fourth-order valence-corrected chi connectivity index (χ4v) is 2.63. The van der Waals surface area contributed by atoms with Crippen LogP contribution in [0.3, 0.4) is 0 Å². The Balaban J connectivity index is 1.84. The van der Waals surface area contributed by atoms with Crippen molar-refractivity contribution in [3.05, 3.63) is 16.6 Å². The number of nitrogens with zero attached hydrogens (tertiary/aromatic N) is 2. The first-order valence-electron chi connectivity index (χ1n) is 5.50. The van der Waals surface area contributed by atoms with E-state index in [0.717, 1.165) is 6.54 Å². The van der Waals surface area contributed by atoms with E-state index in [1.807, 2.05) is 11.7 Å². The Morgan fingerprint density at radius 1 is 1.53 bits per heavy atom. The van der Waals surface area contributed by atoms with Crippen molar-refractivity contribution in [3.63, 3.8) is 0 Å². The summed E-state index contributed by atoms with van der Waals surface area (Å²) in [6.45, 7) is 5.77. The number of likely N-dealkylation sites (tertiary alicyclic amines) is 1. The zero-order valence-electron chi connectivity index (χ0n) is 9.49. The van der Waals surface area contributed by atoms with Gasteiger partial charge in [0.1, 0.15) is 0 Å². The van der Waals surface area contributed by atoms with Crippen LogP contribution in [0.4, 0.5) is 0 Å². The quantitative estimate of drug-likeness (QED) is 0.849. The minimum Gasteiger partial charge on any atom is -0.314 e. The van der Waals surface area contributed by atoms with Crippen molar-refractivity contribution in [3.8, 4) is 0 Å². The van der Waals surface area contributed by atoms with Crippen molar-refractivity contribution in [2.45, 2.75) is 31.8 Å². The van der Waals surface area contributed by atoms with Gasteiger partial charge in [0.2, 0.25) is 0 Å². The largest absolute Gasteiger partial charge is 0.314 e. The van der Waals surface area contributed by atoms with Gasteiger partial charge in [-0.05, 0) is 26.8 Å². The average Bonchev–Trinajstić information content (AvgIpc) is 2.75. The Kier molecular flexibility index (Phi) is 3.38. The summed E-state index contributed by atoms with van der Waals surface area (Å²) in [7, 11) is 2.07. The molecule has 1 aromatic heterocycles. The van der Waals surface area contributed by atoms with Gasteiger partial charge < -0.3 is 5.32 Å². The minimum atomic E-state index is 0.351. The van der Waals surface area contributed by atoms with E-state index < -0.39 is 0 Å². The maximum absolute atomic E-state index is 4.11. The van der Waals surface area contributed by atoms with E-state index in [-0.39, 0.29) is 0 Å². The predicted molar refractivity (Wildman–Crippen MR) is 64.1 cm³/mol. The molecular formula is C11H19N3S. The molecule has 1 aliphatic rings. The summed E-state index contributed by atoms with van der Waals surface area (Å²) in [5.41, 5.74) is 2.27. The molecule has 1 aromatic rings. The van der Waals surface area contributed by atoms with Gasteiger partial charge in [0.05, 0.1) is 5.51 Å². The molecule has 0 saturated carbocycles. The molecule has 0 aliphatic carbocycles. The van der Waals surface area contributed by atoms with E-state index in [1.165, 1.54) is 30.8 Å². The number of hydrogen-bond donors (Lipinski definition) is 1. The minimum absolute atomic E-state index is 0.351. The molecule has 0 spiro atoms. The number of hydrogen-bond acceptors (Lipinski definition) is 4. The smallest absolute Gasteiger partial charge is 0.0794 e. The summed E-state index contributed by atoms with van der Waals surface area (Å²) in [4.78, 5) is 8.01. The molecule has 0 amide bonds. The second-order valence-electron chi connectivity index (χ2n) is 4.55. The third kappa shape index (κ3) is 2.77. The molecular weight excluding hydrogens is 206 g/mol. The molecule has 0 radical (unpaired) electrons. The first kappa shape index (κ1) is 11.0. The lowest BCUT2D eigenvalue weighted by Crippen LogP contribution is -2.49. The van der Waals surface area contributed by atoms with Crippen LogP contribution in [0.2, 0.25) is 0 Å². The van der Waals surface area contributed by atoms with Crippen molar-refractivity contribution in [2.24, 2.45) is 0 Å². The van der Waals surface area contributed by atoms with E-state index in [4.69, 9.17) is 0 Å². The molecule has 2 heterocycles. The summed E-state index contributed by atoms with van der Waals surface area (Å²) in [5, 5.41) is 3.42. The number of aromatic nitrogens is 1. The zero-order chi connectivity index (χ0) is 10.7. The van der Waals surface area contributed by atoms with E-state index in [9.17, 15) is 0 Å². The number of rotatable bonds is 3. The van der Waals surface area contributed by atoms with Crippen LogP contribution in [-0.4, -0.2) is 35.6 Å². The van der Waals surface area contributed by atoms with E-state index >= 15 is 0 Å². The van der Waals surface area contributed by atoms with Gasteiger partial charge in [-0.2, -0.15) is 0 Å². The molecule has 84 valence electrons. The molecule has 0 bridgehead atoms. The van der Waals surface area contributed by atoms with E-state index in [2.05, 4.69) is 29.2 Å². The summed E-state index contributed by atoms with van der Waals surface area (Å²) < 4.78 is 0. The average molecular weight is 225 g/mol. The maximum Gasteiger partial charge on any atom is 0.0794 e. The SMILES string of the molecule is CNC1(C)CCN(Cc2cncs2)CC1. The third-order valence-corrected chi connectivity index (χ3v) is 4.19. The van der Waals surface area contributed by atoms with Gasteiger partial charge in [-0.1, -0.05) is 0 Å². The van der Waals surface area contributed by atoms with Crippen molar-refractivity contribution in [1.29, 1.82) is 0 Å². The maximum atomic E-state index is 4.11. The van der Waals surface area contributed by atoms with Crippen molar-refractivity contribution < 1.29 is 0 Å². The van der Waals surface area contributed by atoms with Gasteiger partial charge >= 0.3 is 0 Å². The first-order chi connectivity index (χ1) is 7.22. The van der Waals surface area contributed by atoms with Crippen LogP contribution in [0.5, 0.6) is 0 Å². The number of piperidine rings is 1. The topological polar surface area (TPSA) is 28.2 Å². The van der Waals surface area contributed by atoms with Crippen LogP contribution in [0.15, 0.2) is 11.7 Å². The highest BCUT2D eigenvalue weighted by atomic mass is 32.1. The Bertz CT molecular complexity index is 289. The summed E-state index contributed by atoms with van der Waals surface area (Å²) in [6.07, 6.45) is 4.46. The van der Waals surface area contributed by atoms with Crippen LogP contribution in [0, 0.1) is 0 Å². The predicted octanol–water partition coefficient (Wildman–Crippen LogP) is 1.72. The van der Waals surface area contributed by atoms with Gasteiger partial charge in [0.15, 0.2) is 0 Å². The molecule has 15 heavy (non-hydrogen) atoms. The van der Waals surface area contributed by atoms with E-state index in [1.54, 1.807) is 11.3 Å². The molecule has 1 aliphatic heterocycles. The third-order valence-electron chi connectivity index (χ3n) is 3.43. The Morgan fingerprint density at radius 2 is 2.27 bits per heavy atom. The molecule has 1 saturated heterocycles. The summed E-state index contributed by atoms with van der Waals surface area (Å²) >= 11 is 1.75. The van der Waals surface area contributed by atoms with Gasteiger partial charge in [-0.15, -0.1) is 11.3 Å². The lowest BCUT2D eigenvalue weighted by molar-refractivity contribution is 0.147. The van der Waals surface area contributed by atoms with E-state index in [0.29, 0.717) is 5.54 Å². The number of nitrogens with one attached hydrogen (secondary N) is 1. The molecule has 2 rings (SSSR count). The highest BCUT2D eigenvalue weighted by Crippen LogP contribution is 2.22. The lowest BCUT2D eigenvalue weighted by Gasteiger charge is -2.39. The van der Waals surface area contributed by atoms with Gasteiger partial charge in [0, 0.05) is 36.2 Å². The second kappa shape index (κ2) is 4.60. The van der Waals surface area contributed by atoms with Gasteiger partial charge in [-0.25, -0.2) is 0 Å². The van der Waals surface area contributed by atoms with Crippen LogP contribution < -0.4 is 5.32 Å². The normalized spacial score (nSPS) is 21.7. The monoisotopic (exact) mass is 225 g/mol. The first-order valence-corrected chi connectivity index (χ1v) is 6.38. The molecule has 1 fully saturated rings. The van der Waals surface area contributed by atoms with Crippen LogP contribution in [0.1, 0.15) is 24.6 Å². The standard InChI is InChI=1S/C11H19N3S/c1-11(12-2)3-5-14(6-4-11)8-10-7-13-9-15-10/h7,9,12H,3-6,8H2,1-2H3. The lowest BCUT2D eigenvalue weighted by atomic mass is 9.90. The van der Waals surface area contributed by atoms with Gasteiger partial charge in [0.25, 0.3) is 0 Å². The summed E-state index contributed by atoms with van der Waals surface area (Å²) in [6, 6.07) is 0. The van der Waals surface area contributed by atoms with Crippen molar-refractivity contribution >= 4 is 11.3 Å². The second-order valence-corrected chi connectivity index (χ2v) is 5.53. The van der Waals surface area contributed by atoms with Crippen molar-refractivity contribution in [1.82, 2.24) is 15.2 Å². The molecule has 3 nitrogen and oxygen atoms in total. The van der Waals surface area contributed by atoms with Crippen LogP contribution >= 0.6 is 11.3 Å². The zero-order valence-corrected chi connectivity index (χ0v) is 10.3. The highest BCUT2D eigenvalue weighted by molar-refractivity contribution is 7.09. The van der Waals surface area contributed by atoms with Crippen LogP contribution in [0.25, 0.3) is 0 Å². The van der Waals surface area contributed by atoms with Gasteiger partial charge in [-0.3, -0.25) is 9.88 Å². The fourth-order valence-electron chi connectivity index (χ4n) is 2.00. The summed E-state index contributed by atoms with van der Waals surface area (Å²) in [5.74, 6) is 0. The van der Waals surface area contributed by atoms with Crippen LogP contribution in [-0.2, 0) is 6.54 Å². The molecule has 0 aromatic carbocycles. The Labute approximate surface area is 95.5 Å². The van der Waals surface area contributed by atoms with Crippen molar-refractivity contribution in [2.75, 3.05) is 20.1 Å². The fraction of sp³-hybridized carbons (Fsp3) is 0.727.